The van der Waals surface area contributed by atoms with Crippen LogP contribution in [0, 0.1) is 5.82 Å². The van der Waals surface area contributed by atoms with E-state index in [1.54, 1.807) is 6.07 Å². The van der Waals surface area contributed by atoms with Gasteiger partial charge < -0.3 is 14.2 Å². The summed E-state index contributed by atoms with van der Waals surface area (Å²) in [5.74, 6) is 0.679. The largest absolute Gasteiger partial charge is 0.489 e. The second-order valence-electron chi connectivity index (χ2n) is 5.05. The number of nitrogens with zero attached hydrogens (tertiary/aromatic N) is 1. The van der Waals surface area contributed by atoms with Crippen molar-refractivity contribution >= 4 is 15.7 Å². The van der Waals surface area contributed by atoms with E-state index in [0.717, 1.165) is 10.4 Å². The van der Waals surface area contributed by atoms with Crippen molar-refractivity contribution in [2.45, 2.75) is 4.90 Å². The van der Waals surface area contributed by atoms with Crippen LogP contribution >= 0.6 is 0 Å². The van der Waals surface area contributed by atoms with Crippen molar-refractivity contribution in [1.82, 2.24) is 0 Å². The maximum atomic E-state index is 13.5. The van der Waals surface area contributed by atoms with Gasteiger partial charge in [0.25, 0.3) is 10.0 Å². The lowest BCUT2D eigenvalue weighted by Crippen LogP contribution is -2.38. The van der Waals surface area contributed by atoms with E-state index in [4.69, 9.17) is 14.2 Å². The lowest BCUT2D eigenvalue weighted by molar-refractivity contribution is 0.174. The molecule has 0 N–H and O–H groups in total. The lowest BCUT2D eigenvalue weighted by Gasteiger charge is -2.30. The van der Waals surface area contributed by atoms with Crippen LogP contribution in [0.15, 0.2) is 41.3 Å². The molecule has 0 saturated heterocycles. The van der Waals surface area contributed by atoms with Crippen LogP contribution in [0.1, 0.15) is 0 Å². The number of sulfonamides is 1. The second-order valence-corrected chi connectivity index (χ2v) is 6.92. The molecule has 23 heavy (non-hydrogen) atoms. The summed E-state index contributed by atoms with van der Waals surface area (Å²) in [6.45, 7) is 0.361. The smallest absolute Gasteiger partial charge is 0.264 e. The average molecular weight is 337 g/mol. The predicted molar refractivity (Wildman–Crippen MR) is 79.0 cm³/mol. The first kappa shape index (κ1) is 14.1. The van der Waals surface area contributed by atoms with Gasteiger partial charge in [0.2, 0.25) is 6.79 Å². The minimum Gasteiger partial charge on any atom is -0.489 e. The van der Waals surface area contributed by atoms with Gasteiger partial charge in [0, 0.05) is 12.1 Å². The fourth-order valence-corrected chi connectivity index (χ4v) is 4.05. The molecule has 0 aliphatic carbocycles. The number of hydrogen-bond acceptors (Lipinski definition) is 5. The molecule has 0 fully saturated rings. The molecule has 2 aromatic rings. The Bertz CT molecular complexity index is 883. The topological polar surface area (TPSA) is 65.1 Å². The summed E-state index contributed by atoms with van der Waals surface area (Å²) in [5, 5.41) is 0. The van der Waals surface area contributed by atoms with Crippen molar-refractivity contribution in [2.24, 2.45) is 0 Å². The van der Waals surface area contributed by atoms with Crippen LogP contribution in [0.25, 0.3) is 0 Å². The first-order valence-electron chi connectivity index (χ1n) is 6.90. The molecule has 0 spiro atoms. The Labute approximate surface area is 132 Å². The van der Waals surface area contributed by atoms with Crippen molar-refractivity contribution in [1.29, 1.82) is 0 Å². The summed E-state index contributed by atoms with van der Waals surface area (Å²) >= 11 is 0. The number of anilines is 1. The monoisotopic (exact) mass is 337 g/mol. The van der Waals surface area contributed by atoms with Crippen LogP contribution < -0.4 is 18.5 Å². The number of fused-ring (bicyclic) bond motifs is 2. The molecule has 0 atom stereocenters. The SMILES string of the molecule is O=S(=O)(c1ccc2c(c1)OCO2)N1CCOc2ccc(F)cc21. The normalized spacial score (nSPS) is 16.0. The Morgan fingerprint density at radius 3 is 2.61 bits per heavy atom. The minimum atomic E-state index is -3.86. The van der Waals surface area contributed by atoms with E-state index < -0.39 is 15.8 Å². The number of ether oxygens (including phenoxy) is 3. The van der Waals surface area contributed by atoms with Gasteiger partial charge in [0.05, 0.1) is 17.1 Å². The Morgan fingerprint density at radius 2 is 1.74 bits per heavy atom. The Balaban J connectivity index is 1.80. The number of rotatable bonds is 2. The van der Waals surface area contributed by atoms with Crippen LogP contribution in [-0.2, 0) is 10.0 Å². The van der Waals surface area contributed by atoms with Crippen LogP contribution in [0.3, 0.4) is 0 Å². The summed E-state index contributed by atoms with van der Waals surface area (Å²) in [6, 6.07) is 8.20. The summed E-state index contributed by atoms with van der Waals surface area (Å²) in [4.78, 5) is 0.0545. The van der Waals surface area contributed by atoms with Gasteiger partial charge in [-0.05, 0) is 24.3 Å². The van der Waals surface area contributed by atoms with Crippen LogP contribution in [-0.4, -0.2) is 28.4 Å². The highest BCUT2D eigenvalue weighted by atomic mass is 32.2. The van der Waals surface area contributed by atoms with Gasteiger partial charge in [-0.3, -0.25) is 4.31 Å². The molecule has 0 amide bonds. The van der Waals surface area contributed by atoms with Gasteiger partial charge in [-0.15, -0.1) is 0 Å². The van der Waals surface area contributed by atoms with Gasteiger partial charge in [-0.1, -0.05) is 0 Å². The number of benzene rings is 2. The predicted octanol–water partition coefficient (Wildman–Crippen LogP) is 2.14. The first-order valence-corrected chi connectivity index (χ1v) is 8.34. The molecule has 2 aliphatic rings. The molecule has 6 nitrogen and oxygen atoms in total. The van der Waals surface area contributed by atoms with E-state index in [0.29, 0.717) is 17.2 Å². The van der Waals surface area contributed by atoms with Crippen molar-refractivity contribution in [2.75, 3.05) is 24.2 Å². The molecule has 0 radical (unpaired) electrons. The molecule has 0 bridgehead atoms. The zero-order chi connectivity index (χ0) is 16.0. The van der Waals surface area contributed by atoms with Crippen LogP contribution in [0.5, 0.6) is 17.2 Å². The van der Waals surface area contributed by atoms with Gasteiger partial charge in [-0.2, -0.15) is 0 Å². The van der Waals surface area contributed by atoms with E-state index in [-0.39, 0.29) is 30.5 Å². The molecule has 0 unspecified atom stereocenters. The third-order valence-electron chi connectivity index (χ3n) is 3.67. The molecule has 2 aromatic carbocycles. The standard InChI is InChI=1S/C15H12FNO5S/c16-10-1-3-13-12(7-10)17(5-6-20-13)23(18,19)11-2-4-14-15(8-11)22-9-21-14/h1-4,7-8H,5-6,9H2. The fraction of sp³-hybridized carbons (Fsp3) is 0.200. The fourth-order valence-electron chi connectivity index (χ4n) is 2.58. The summed E-state index contributed by atoms with van der Waals surface area (Å²) < 4.78 is 56.3. The first-order chi connectivity index (χ1) is 11.1. The van der Waals surface area contributed by atoms with E-state index in [9.17, 15) is 12.8 Å². The van der Waals surface area contributed by atoms with Gasteiger partial charge >= 0.3 is 0 Å². The Morgan fingerprint density at radius 1 is 0.957 bits per heavy atom. The average Bonchev–Trinajstić information content (AvgIpc) is 3.01. The van der Waals surface area contributed by atoms with Gasteiger partial charge in [0.1, 0.15) is 18.2 Å². The molecular formula is C15H12FNO5S. The van der Waals surface area contributed by atoms with Gasteiger partial charge in [0.15, 0.2) is 11.5 Å². The molecule has 120 valence electrons. The maximum absolute atomic E-state index is 13.5. The molecule has 8 heteroatoms. The molecule has 0 aromatic heterocycles. The highest BCUT2D eigenvalue weighted by Crippen LogP contribution is 2.38. The third-order valence-corrected chi connectivity index (χ3v) is 5.48. The minimum absolute atomic E-state index is 0.0545. The maximum Gasteiger partial charge on any atom is 0.264 e. The molecule has 0 saturated carbocycles. The second kappa shape index (κ2) is 5.02. The summed E-state index contributed by atoms with van der Waals surface area (Å²) in [5.41, 5.74) is 0.189. The summed E-state index contributed by atoms with van der Waals surface area (Å²) in [7, 11) is -3.86. The van der Waals surface area contributed by atoms with E-state index in [2.05, 4.69) is 0 Å². The molecule has 2 heterocycles. The van der Waals surface area contributed by atoms with E-state index >= 15 is 0 Å². The van der Waals surface area contributed by atoms with Gasteiger partial charge in [-0.25, -0.2) is 12.8 Å². The molecular weight excluding hydrogens is 325 g/mol. The molecule has 4 rings (SSSR count). The Hall–Kier alpha value is -2.48. The lowest BCUT2D eigenvalue weighted by atomic mass is 10.2. The van der Waals surface area contributed by atoms with E-state index in [1.807, 2.05) is 0 Å². The number of halogens is 1. The van der Waals surface area contributed by atoms with Crippen molar-refractivity contribution in [3.05, 3.63) is 42.2 Å². The van der Waals surface area contributed by atoms with Crippen molar-refractivity contribution < 1.29 is 27.0 Å². The van der Waals surface area contributed by atoms with Crippen molar-refractivity contribution in [3.8, 4) is 17.2 Å². The zero-order valence-electron chi connectivity index (χ0n) is 11.9. The van der Waals surface area contributed by atoms with E-state index in [1.165, 1.54) is 24.3 Å². The zero-order valence-corrected chi connectivity index (χ0v) is 12.7. The highest BCUT2D eigenvalue weighted by molar-refractivity contribution is 7.92. The van der Waals surface area contributed by atoms with Crippen molar-refractivity contribution in [3.63, 3.8) is 0 Å². The molecule has 2 aliphatic heterocycles. The quantitative estimate of drug-likeness (QED) is 0.840. The highest BCUT2D eigenvalue weighted by Gasteiger charge is 2.31. The summed E-state index contributed by atoms with van der Waals surface area (Å²) in [6.07, 6.45) is 0. The number of hydrogen-bond donors (Lipinski definition) is 0. The Kier molecular flexibility index (Phi) is 3.08. The third kappa shape index (κ3) is 2.26. The van der Waals surface area contributed by atoms with Crippen LogP contribution in [0.2, 0.25) is 0 Å². The van der Waals surface area contributed by atoms with Crippen LogP contribution in [0.4, 0.5) is 10.1 Å².